The minimum atomic E-state index is 0.284. The third-order valence-electron chi connectivity index (χ3n) is 2.68. The summed E-state index contributed by atoms with van der Waals surface area (Å²) in [5.41, 5.74) is 0. The van der Waals surface area contributed by atoms with Crippen molar-refractivity contribution in [1.82, 2.24) is 5.32 Å². The van der Waals surface area contributed by atoms with E-state index >= 15 is 0 Å². The molecule has 0 aromatic heterocycles. The fourth-order valence-corrected chi connectivity index (χ4v) is 3.05. The Hall–Kier alpha value is 0.230. The summed E-state index contributed by atoms with van der Waals surface area (Å²) in [6, 6.07) is 0.583. The molecule has 0 spiro atoms. The van der Waals surface area contributed by atoms with Crippen LogP contribution in [0.2, 0.25) is 0 Å². The van der Waals surface area contributed by atoms with Gasteiger partial charge >= 0.3 is 0 Å². The van der Waals surface area contributed by atoms with Crippen molar-refractivity contribution < 1.29 is 9.84 Å². The van der Waals surface area contributed by atoms with E-state index in [1.807, 2.05) is 11.8 Å². The molecule has 3 nitrogen and oxygen atoms in total. The molecule has 1 fully saturated rings. The molecule has 3 atom stereocenters. The van der Waals surface area contributed by atoms with Gasteiger partial charge in [-0.05, 0) is 24.6 Å². The van der Waals surface area contributed by atoms with E-state index in [0.717, 1.165) is 31.9 Å². The van der Waals surface area contributed by atoms with Crippen molar-refractivity contribution in [2.75, 3.05) is 32.1 Å². The van der Waals surface area contributed by atoms with Gasteiger partial charge < -0.3 is 15.2 Å². The molecule has 1 aliphatic heterocycles. The van der Waals surface area contributed by atoms with E-state index in [1.165, 1.54) is 0 Å². The molecule has 0 radical (unpaired) electrons. The fraction of sp³-hybridized carbons (Fsp3) is 1.00. The number of hydrogen-bond donors (Lipinski definition) is 2. The maximum atomic E-state index is 8.97. The van der Waals surface area contributed by atoms with Crippen LogP contribution in [-0.2, 0) is 4.74 Å². The largest absolute Gasteiger partial charge is 0.396 e. The van der Waals surface area contributed by atoms with Gasteiger partial charge in [-0.25, -0.2) is 0 Å². The minimum absolute atomic E-state index is 0.284. The first-order valence-corrected chi connectivity index (χ1v) is 6.86. The molecule has 4 heteroatoms. The van der Waals surface area contributed by atoms with E-state index in [0.29, 0.717) is 17.2 Å². The maximum Gasteiger partial charge on any atom is 0.0600 e. The van der Waals surface area contributed by atoms with Crippen LogP contribution in [0, 0.1) is 5.92 Å². The molecular weight excluding hydrogens is 210 g/mol. The molecule has 1 heterocycles. The lowest BCUT2D eigenvalue weighted by Gasteiger charge is -2.32. The molecule has 0 saturated carbocycles. The van der Waals surface area contributed by atoms with Crippen molar-refractivity contribution >= 4 is 11.8 Å². The third-order valence-corrected chi connectivity index (χ3v) is 4.33. The van der Waals surface area contributed by atoms with Crippen LogP contribution in [0.25, 0.3) is 0 Å². The zero-order valence-electron chi connectivity index (χ0n) is 9.74. The lowest BCUT2D eigenvalue weighted by atomic mass is 10.1. The van der Waals surface area contributed by atoms with Crippen molar-refractivity contribution in [1.29, 1.82) is 0 Å². The summed E-state index contributed by atoms with van der Waals surface area (Å²) in [5.74, 6) is 1.41. The lowest BCUT2D eigenvalue weighted by molar-refractivity contribution is 0.0836. The van der Waals surface area contributed by atoms with Gasteiger partial charge in [0.2, 0.25) is 0 Å². The van der Waals surface area contributed by atoms with Gasteiger partial charge in [0.25, 0.3) is 0 Å². The molecule has 90 valence electrons. The van der Waals surface area contributed by atoms with Gasteiger partial charge in [0, 0.05) is 24.5 Å². The van der Waals surface area contributed by atoms with E-state index in [-0.39, 0.29) is 6.61 Å². The minimum Gasteiger partial charge on any atom is -0.396 e. The van der Waals surface area contributed by atoms with Crippen LogP contribution in [0.3, 0.4) is 0 Å². The van der Waals surface area contributed by atoms with Crippen molar-refractivity contribution in [3.63, 3.8) is 0 Å². The molecule has 2 N–H and O–H groups in total. The number of rotatable bonds is 6. The zero-order valence-corrected chi connectivity index (χ0v) is 10.6. The fourth-order valence-electron chi connectivity index (χ4n) is 1.71. The van der Waals surface area contributed by atoms with Gasteiger partial charge in [0.15, 0.2) is 0 Å². The Morgan fingerprint density at radius 2 is 2.40 bits per heavy atom. The number of thioether (sulfide) groups is 1. The highest BCUT2D eigenvalue weighted by atomic mass is 32.2. The molecule has 0 aromatic rings. The van der Waals surface area contributed by atoms with Crippen LogP contribution >= 0.6 is 11.8 Å². The predicted octanol–water partition coefficient (Wildman–Crippen LogP) is 1.11. The summed E-state index contributed by atoms with van der Waals surface area (Å²) in [5, 5.41) is 13.0. The number of ether oxygens (including phenoxy) is 1. The van der Waals surface area contributed by atoms with Crippen molar-refractivity contribution in [2.45, 2.75) is 31.6 Å². The normalized spacial score (nSPS) is 29.0. The first-order chi connectivity index (χ1) is 7.27. The highest BCUT2D eigenvalue weighted by Gasteiger charge is 2.25. The van der Waals surface area contributed by atoms with Crippen LogP contribution in [0.1, 0.15) is 20.3 Å². The SMILES string of the molecule is CCNC1CCOCC1SCC(C)CO. The van der Waals surface area contributed by atoms with E-state index in [4.69, 9.17) is 9.84 Å². The molecule has 15 heavy (non-hydrogen) atoms. The summed E-state index contributed by atoms with van der Waals surface area (Å²) in [6.45, 7) is 7.26. The summed E-state index contributed by atoms with van der Waals surface area (Å²) in [6.07, 6.45) is 1.11. The average molecular weight is 233 g/mol. The van der Waals surface area contributed by atoms with E-state index < -0.39 is 0 Å². The summed E-state index contributed by atoms with van der Waals surface area (Å²) < 4.78 is 5.50. The topological polar surface area (TPSA) is 41.5 Å². The predicted molar refractivity (Wildman–Crippen MR) is 65.4 cm³/mol. The smallest absolute Gasteiger partial charge is 0.0600 e. The Bertz CT molecular complexity index is 167. The van der Waals surface area contributed by atoms with Gasteiger partial charge in [-0.3, -0.25) is 0 Å². The Morgan fingerprint density at radius 1 is 1.60 bits per heavy atom. The van der Waals surface area contributed by atoms with Gasteiger partial charge in [0.05, 0.1) is 6.61 Å². The van der Waals surface area contributed by atoms with Gasteiger partial charge in [-0.15, -0.1) is 0 Å². The van der Waals surface area contributed by atoms with E-state index in [2.05, 4.69) is 19.2 Å². The molecule has 1 saturated heterocycles. The maximum absolute atomic E-state index is 8.97. The number of hydrogen-bond acceptors (Lipinski definition) is 4. The molecule has 0 bridgehead atoms. The average Bonchev–Trinajstić information content (AvgIpc) is 2.28. The quantitative estimate of drug-likeness (QED) is 0.721. The Morgan fingerprint density at radius 3 is 3.07 bits per heavy atom. The number of aliphatic hydroxyl groups is 1. The van der Waals surface area contributed by atoms with Gasteiger partial charge in [0.1, 0.15) is 0 Å². The second-order valence-electron chi connectivity index (χ2n) is 4.19. The van der Waals surface area contributed by atoms with Crippen LogP contribution < -0.4 is 5.32 Å². The molecule has 0 aliphatic carbocycles. The standard InChI is InChI=1S/C11H23NO2S/c1-3-12-10-4-5-14-7-11(10)15-8-9(2)6-13/h9-13H,3-8H2,1-2H3. The highest BCUT2D eigenvalue weighted by Crippen LogP contribution is 2.23. The van der Waals surface area contributed by atoms with Gasteiger partial charge in [-0.1, -0.05) is 13.8 Å². The van der Waals surface area contributed by atoms with E-state index in [9.17, 15) is 0 Å². The Kier molecular flexibility index (Phi) is 6.64. The van der Waals surface area contributed by atoms with Crippen LogP contribution in [-0.4, -0.2) is 48.5 Å². The molecule has 0 amide bonds. The third kappa shape index (κ3) is 4.72. The van der Waals surface area contributed by atoms with Gasteiger partial charge in [-0.2, -0.15) is 11.8 Å². The Balaban J connectivity index is 2.28. The lowest BCUT2D eigenvalue weighted by Crippen LogP contribution is -2.45. The summed E-state index contributed by atoms with van der Waals surface area (Å²) in [7, 11) is 0. The highest BCUT2D eigenvalue weighted by molar-refractivity contribution is 8.00. The molecular formula is C11H23NO2S. The zero-order chi connectivity index (χ0) is 11.1. The molecule has 1 aliphatic rings. The van der Waals surface area contributed by atoms with Crippen molar-refractivity contribution in [2.24, 2.45) is 5.92 Å². The Labute approximate surface area is 97.0 Å². The first-order valence-electron chi connectivity index (χ1n) is 5.81. The van der Waals surface area contributed by atoms with E-state index in [1.54, 1.807) is 0 Å². The van der Waals surface area contributed by atoms with Crippen LogP contribution in [0.5, 0.6) is 0 Å². The monoisotopic (exact) mass is 233 g/mol. The molecule has 3 unspecified atom stereocenters. The van der Waals surface area contributed by atoms with Crippen molar-refractivity contribution in [3.05, 3.63) is 0 Å². The second-order valence-corrected chi connectivity index (χ2v) is 5.46. The summed E-state index contributed by atoms with van der Waals surface area (Å²) in [4.78, 5) is 0. The summed E-state index contributed by atoms with van der Waals surface area (Å²) >= 11 is 1.93. The molecule has 1 rings (SSSR count). The van der Waals surface area contributed by atoms with Crippen LogP contribution in [0.4, 0.5) is 0 Å². The second kappa shape index (κ2) is 7.49. The van der Waals surface area contributed by atoms with Crippen LogP contribution in [0.15, 0.2) is 0 Å². The number of nitrogens with one attached hydrogen (secondary N) is 1. The van der Waals surface area contributed by atoms with Crippen molar-refractivity contribution in [3.8, 4) is 0 Å². The first kappa shape index (κ1) is 13.3. The number of aliphatic hydroxyl groups excluding tert-OH is 1. The molecule has 0 aromatic carbocycles.